The Hall–Kier alpha value is -0.560. The molecule has 0 fully saturated rings. The number of allylic oxidation sites excluding steroid dienone is 2. The van der Waals surface area contributed by atoms with Crippen LogP contribution < -0.4 is 5.32 Å². The maximum Gasteiger partial charge on any atom is 0.0135 e. The van der Waals surface area contributed by atoms with Gasteiger partial charge in [0.15, 0.2) is 0 Å². The van der Waals surface area contributed by atoms with Crippen molar-refractivity contribution >= 4 is 0 Å². The second-order valence-electron chi connectivity index (χ2n) is 1.81. The Labute approximate surface area is 51.1 Å². The molecule has 0 spiro atoms. The zero-order valence-corrected chi connectivity index (χ0v) is 5.57. The zero-order valence-electron chi connectivity index (χ0n) is 5.57. The van der Waals surface area contributed by atoms with Crippen LogP contribution in [0.5, 0.6) is 0 Å². The summed E-state index contributed by atoms with van der Waals surface area (Å²) in [5.41, 5.74) is 1.10. The summed E-state index contributed by atoms with van der Waals surface area (Å²) in [4.78, 5) is 0. The molecule has 46 valence electrons. The molecule has 0 aromatic carbocycles. The normalized spacial score (nSPS) is 10.2. The van der Waals surface area contributed by atoms with Crippen molar-refractivity contribution in [3.63, 3.8) is 0 Å². The SMILES string of the molecule is C=C(C)/C=C/CNC. The molecule has 1 nitrogen and oxygen atoms in total. The van der Waals surface area contributed by atoms with Gasteiger partial charge in [0.1, 0.15) is 0 Å². The molecule has 0 radical (unpaired) electrons. The van der Waals surface area contributed by atoms with Gasteiger partial charge in [-0.05, 0) is 14.0 Å². The van der Waals surface area contributed by atoms with Crippen molar-refractivity contribution in [3.05, 3.63) is 24.3 Å². The second-order valence-corrected chi connectivity index (χ2v) is 1.81. The maximum atomic E-state index is 3.71. The van der Waals surface area contributed by atoms with Crippen LogP contribution in [0.15, 0.2) is 24.3 Å². The number of hydrogen-bond donors (Lipinski definition) is 1. The van der Waals surface area contributed by atoms with Crippen molar-refractivity contribution < 1.29 is 0 Å². The van der Waals surface area contributed by atoms with Crippen LogP contribution in [0, 0.1) is 0 Å². The molecular weight excluding hydrogens is 98.1 g/mol. The molecule has 0 aliphatic carbocycles. The highest BCUT2D eigenvalue weighted by molar-refractivity contribution is 5.10. The number of rotatable bonds is 3. The van der Waals surface area contributed by atoms with E-state index < -0.39 is 0 Å². The largest absolute Gasteiger partial charge is 0.316 e. The zero-order chi connectivity index (χ0) is 6.41. The van der Waals surface area contributed by atoms with Gasteiger partial charge in [0.05, 0.1) is 0 Å². The van der Waals surface area contributed by atoms with Crippen LogP contribution in [-0.2, 0) is 0 Å². The molecular formula is C7H13N. The maximum absolute atomic E-state index is 3.71. The van der Waals surface area contributed by atoms with E-state index in [1.165, 1.54) is 0 Å². The minimum Gasteiger partial charge on any atom is -0.316 e. The summed E-state index contributed by atoms with van der Waals surface area (Å²) in [5.74, 6) is 0. The molecule has 0 rings (SSSR count). The molecule has 0 amide bonds. The predicted octanol–water partition coefficient (Wildman–Crippen LogP) is 1.34. The van der Waals surface area contributed by atoms with E-state index in [4.69, 9.17) is 0 Å². The smallest absolute Gasteiger partial charge is 0.0135 e. The summed E-state index contributed by atoms with van der Waals surface area (Å²) in [5, 5.41) is 3.00. The van der Waals surface area contributed by atoms with Gasteiger partial charge in [-0.1, -0.05) is 24.3 Å². The number of hydrogen-bond acceptors (Lipinski definition) is 1. The molecule has 1 heteroatoms. The Balaban J connectivity index is 3.20. The minimum absolute atomic E-state index is 0.923. The van der Waals surface area contributed by atoms with Crippen LogP contribution in [0.2, 0.25) is 0 Å². The van der Waals surface area contributed by atoms with E-state index in [2.05, 4.69) is 11.9 Å². The van der Waals surface area contributed by atoms with Crippen molar-refractivity contribution in [2.24, 2.45) is 0 Å². The average Bonchev–Trinajstić information content (AvgIpc) is 1.66. The standard InChI is InChI=1S/C7H13N/c1-7(2)5-4-6-8-3/h4-5,8H,1,6H2,2-3H3/b5-4+. The van der Waals surface area contributed by atoms with Gasteiger partial charge in [-0.15, -0.1) is 0 Å². The van der Waals surface area contributed by atoms with E-state index in [1.807, 2.05) is 26.1 Å². The molecule has 0 unspecified atom stereocenters. The first-order chi connectivity index (χ1) is 3.77. The summed E-state index contributed by atoms with van der Waals surface area (Å²) in [6.07, 6.45) is 4.04. The van der Waals surface area contributed by atoms with Crippen molar-refractivity contribution in [2.45, 2.75) is 6.92 Å². The van der Waals surface area contributed by atoms with E-state index in [-0.39, 0.29) is 0 Å². The molecule has 0 saturated carbocycles. The Kier molecular flexibility index (Phi) is 4.27. The van der Waals surface area contributed by atoms with Crippen LogP contribution in [-0.4, -0.2) is 13.6 Å². The summed E-state index contributed by atoms with van der Waals surface area (Å²) in [6.45, 7) is 6.61. The molecule has 0 atom stereocenters. The minimum atomic E-state index is 0.923. The van der Waals surface area contributed by atoms with Crippen molar-refractivity contribution in [3.8, 4) is 0 Å². The Bertz CT molecular complexity index is 92.6. The lowest BCUT2D eigenvalue weighted by Gasteiger charge is -1.86. The molecule has 1 N–H and O–H groups in total. The first-order valence-electron chi connectivity index (χ1n) is 2.74. The van der Waals surface area contributed by atoms with Crippen LogP contribution in [0.1, 0.15) is 6.92 Å². The first-order valence-corrected chi connectivity index (χ1v) is 2.74. The lowest BCUT2D eigenvalue weighted by atomic mass is 10.3. The summed E-state index contributed by atoms with van der Waals surface area (Å²) >= 11 is 0. The Morgan fingerprint density at radius 2 is 2.38 bits per heavy atom. The Morgan fingerprint density at radius 3 is 2.75 bits per heavy atom. The summed E-state index contributed by atoms with van der Waals surface area (Å²) < 4.78 is 0. The molecule has 0 aromatic rings. The van der Waals surface area contributed by atoms with Gasteiger partial charge in [0.2, 0.25) is 0 Å². The topological polar surface area (TPSA) is 12.0 Å². The third-order valence-electron chi connectivity index (χ3n) is 0.724. The highest BCUT2D eigenvalue weighted by Crippen LogP contribution is 1.85. The highest BCUT2D eigenvalue weighted by Gasteiger charge is 1.70. The average molecular weight is 111 g/mol. The van der Waals surface area contributed by atoms with E-state index in [1.54, 1.807) is 0 Å². The van der Waals surface area contributed by atoms with Gasteiger partial charge in [-0.2, -0.15) is 0 Å². The van der Waals surface area contributed by atoms with E-state index in [9.17, 15) is 0 Å². The third-order valence-corrected chi connectivity index (χ3v) is 0.724. The van der Waals surface area contributed by atoms with Gasteiger partial charge in [0, 0.05) is 6.54 Å². The van der Waals surface area contributed by atoms with Gasteiger partial charge in [0.25, 0.3) is 0 Å². The second kappa shape index (κ2) is 4.60. The number of nitrogens with one attached hydrogen (secondary N) is 1. The van der Waals surface area contributed by atoms with Crippen LogP contribution >= 0.6 is 0 Å². The van der Waals surface area contributed by atoms with Gasteiger partial charge in [-0.3, -0.25) is 0 Å². The fourth-order valence-electron chi connectivity index (χ4n) is 0.378. The lowest BCUT2D eigenvalue weighted by Crippen LogP contribution is -2.03. The van der Waals surface area contributed by atoms with Gasteiger partial charge < -0.3 is 5.32 Å². The van der Waals surface area contributed by atoms with Gasteiger partial charge in [-0.25, -0.2) is 0 Å². The van der Waals surface area contributed by atoms with E-state index >= 15 is 0 Å². The number of likely N-dealkylation sites (N-methyl/N-ethyl adjacent to an activating group) is 1. The highest BCUT2D eigenvalue weighted by atomic mass is 14.8. The van der Waals surface area contributed by atoms with Crippen LogP contribution in [0.3, 0.4) is 0 Å². The van der Waals surface area contributed by atoms with Crippen LogP contribution in [0.25, 0.3) is 0 Å². The Morgan fingerprint density at radius 1 is 1.75 bits per heavy atom. The van der Waals surface area contributed by atoms with Crippen LogP contribution in [0.4, 0.5) is 0 Å². The first kappa shape index (κ1) is 7.44. The quantitative estimate of drug-likeness (QED) is 0.542. The molecule has 0 aliphatic rings. The predicted molar refractivity (Wildman–Crippen MR) is 37.9 cm³/mol. The summed E-state index contributed by atoms with van der Waals surface area (Å²) in [7, 11) is 1.92. The summed E-state index contributed by atoms with van der Waals surface area (Å²) in [6, 6.07) is 0. The van der Waals surface area contributed by atoms with E-state index in [0.29, 0.717) is 0 Å². The molecule has 0 aliphatic heterocycles. The third kappa shape index (κ3) is 5.44. The van der Waals surface area contributed by atoms with Crippen molar-refractivity contribution in [1.29, 1.82) is 0 Å². The molecule has 0 aromatic heterocycles. The monoisotopic (exact) mass is 111 g/mol. The molecule has 0 heterocycles. The molecule has 0 saturated heterocycles. The fraction of sp³-hybridized carbons (Fsp3) is 0.429. The lowest BCUT2D eigenvalue weighted by molar-refractivity contribution is 0.919. The molecule has 8 heavy (non-hydrogen) atoms. The fourth-order valence-corrected chi connectivity index (χ4v) is 0.378. The van der Waals surface area contributed by atoms with Crippen molar-refractivity contribution in [2.75, 3.05) is 13.6 Å². The van der Waals surface area contributed by atoms with Crippen molar-refractivity contribution in [1.82, 2.24) is 5.32 Å². The molecule has 0 bridgehead atoms. The van der Waals surface area contributed by atoms with Gasteiger partial charge >= 0.3 is 0 Å². The van der Waals surface area contributed by atoms with E-state index in [0.717, 1.165) is 12.1 Å².